The summed E-state index contributed by atoms with van der Waals surface area (Å²) in [5.41, 5.74) is 0.193. The van der Waals surface area contributed by atoms with E-state index < -0.39 is 11.8 Å². The van der Waals surface area contributed by atoms with Crippen molar-refractivity contribution in [1.29, 1.82) is 0 Å². The highest BCUT2D eigenvalue weighted by Gasteiger charge is 2.25. The molecule has 0 aliphatic carbocycles. The van der Waals surface area contributed by atoms with Gasteiger partial charge in [-0.1, -0.05) is 0 Å². The molecule has 0 unspecified atom stereocenters. The van der Waals surface area contributed by atoms with Crippen molar-refractivity contribution in [2.45, 2.75) is 0 Å². The molecule has 9 heteroatoms. The molecule has 0 bridgehead atoms. The van der Waals surface area contributed by atoms with Crippen molar-refractivity contribution in [2.75, 3.05) is 38.2 Å². The fourth-order valence-corrected chi connectivity index (χ4v) is 2.76. The van der Waals surface area contributed by atoms with Gasteiger partial charge in [0.25, 0.3) is 5.91 Å². The van der Waals surface area contributed by atoms with Crippen LogP contribution in [0.5, 0.6) is 5.75 Å². The van der Waals surface area contributed by atoms with Crippen molar-refractivity contribution in [3.63, 3.8) is 0 Å². The summed E-state index contributed by atoms with van der Waals surface area (Å²) < 4.78 is 18.4. The number of hydrogen-bond acceptors (Lipinski definition) is 6. The lowest BCUT2D eigenvalue weighted by molar-refractivity contribution is 0.0687. The van der Waals surface area contributed by atoms with Crippen LogP contribution in [0.4, 0.5) is 10.2 Å². The molecular formula is C17H17FN4O4. The van der Waals surface area contributed by atoms with Gasteiger partial charge in [-0.2, -0.15) is 0 Å². The third-order valence-electron chi connectivity index (χ3n) is 4.15. The Kier molecular flexibility index (Phi) is 4.97. The molecule has 0 radical (unpaired) electrons. The molecule has 0 saturated carbocycles. The number of ether oxygens (including phenoxy) is 1. The van der Waals surface area contributed by atoms with Gasteiger partial charge in [0.05, 0.1) is 12.7 Å². The number of piperazine rings is 1. The van der Waals surface area contributed by atoms with Crippen LogP contribution in [0, 0.1) is 5.82 Å². The number of rotatable bonds is 4. The monoisotopic (exact) mass is 360 g/mol. The predicted molar refractivity (Wildman–Crippen MR) is 90.1 cm³/mol. The van der Waals surface area contributed by atoms with Gasteiger partial charge in [-0.05, 0) is 24.3 Å². The van der Waals surface area contributed by atoms with Crippen molar-refractivity contribution >= 4 is 17.7 Å². The number of aromatic nitrogens is 2. The molecule has 1 aromatic carbocycles. The first kappa shape index (κ1) is 17.6. The summed E-state index contributed by atoms with van der Waals surface area (Å²) in [6, 6.07) is 6.82. The van der Waals surface area contributed by atoms with E-state index in [0.717, 1.165) is 0 Å². The van der Waals surface area contributed by atoms with Crippen LogP contribution in [0.25, 0.3) is 0 Å². The summed E-state index contributed by atoms with van der Waals surface area (Å²) in [6.07, 6.45) is 0. The summed E-state index contributed by atoms with van der Waals surface area (Å²) in [5.74, 6) is -1.07. The maximum Gasteiger partial charge on any atom is 0.356 e. The highest BCUT2D eigenvalue weighted by atomic mass is 19.1. The van der Waals surface area contributed by atoms with E-state index in [0.29, 0.717) is 37.6 Å². The van der Waals surface area contributed by atoms with E-state index in [1.54, 1.807) is 11.0 Å². The molecular weight excluding hydrogens is 343 g/mol. The lowest BCUT2D eigenvalue weighted by Crippen LogP contribution is -2.49. The van der Waals surface area contributed by atoms with Gasteiger partial charge in [-0.25, -0.2) is 9.18 Å². The molecule has 1 aliphatic rings. The topological polar surface area (TPSA) is 95.9 Å². The number of carboxylic acid groups (broad SMARTS) is 1. The van der Waals surface area contributed by atoms with Crippen LogP contribution in [-0.2, 0) is 0 Å². The molecule has 3 rings (SSSR count). The van der Waals surface area contributed by atoms with Gasteiger partial charge in [0.1, 0.15) is 11.6 Å². The Morgan fingerprint density at radius 2 is 1.85 bits per heavy atom. The Balaban J connectivity index is 1.66. The Morgan fingerprint density at radius 3 is 2.42 bits per heavy atom. The predicted octanol–water partition coefficient (Wildman–Crippen LogP) is 1.28. The van der Waals surface area contributed by atoms with E-state index in [2.05, 4.69) is 10.2 Å². The Morgan fingerprint density at radius 1 is 1.12 bits per heavy atom. The first-order chi connectivity index (χ1) is 12.5. The van der Waals surface area contributed by atoms with Crippen molar-refractivity contribution in [3.8, 4) is 5.75 Å². The number of carboxylic acids is 1. The van der Waals surface area contributed by atoms with E-state index >= 15 is 0 Å². The minimum absolute atomic E-state index is 0.119. The van der Waals surface area contributed by atoms with E-state index in [4.69, 9.17) is 9.84 Å². The molecule has 2 heterocycles. The highest BCUT2D eigenvalue weighted by molar-refractivity contribution is 5.97. The van der Waals surface area contributed by atoms with E-state index in [9.17, 15) is 14.0 Å². The summed E-state index contributed by atoms with van der Waals surface area (Å²) >= 11 is 0. The molecule has 1 aliphatic heterocycles. The second-order valence-corrected chi connectivity index (χ2v) is 5.71. The molecule has 1 aromatic heterocycles. The zero-order valence-corrected chi connectivity index (χ0v) is 14.1. The zero-order valence-electron chi connectivity index (χ0n) is 14.1. The molecule has 0 atom stereocenters. The number of carbonyl (C=O) groups is 2. The maximum absolute atomic E-state index is 13.3. The molecule has 2 aromatic rings. The second kappa shape index (κ2) is 7.34. The van der Waals surface area contributed by atoms with Gasteiger partial charge in [-0.3, -0.25) is 4.79 Å². The SMILES string of the molecule is COc1cc(F)ccc1C(=O)N1CCN(c2ccc(C(=O)O)nn2)CC1. The lowest BCUT2D eigenvalue weighted by atomic mass is 10.1. The Bertz CT molecular complexity index is 820. The van der Waals surface area contributed by atoms with Gasteiger partial charge in [-0.15, -0.1) is 10.2 Å². The van der Waals surface area contributed by atoms with Crippen LogP contribution < -0.4 is 9.64 Å². The third-order valence-corrected chi connectivity index (χ3v) is 4.15. The largest absolute Gasteiger partial charge is 0.496 e. The van der Waals surface area contributed by atoms with Crippen molar-refractivity contribution in [2.24, 2.45) is 0 Å². The maximum atomic E-state index is 13.3. The Hall–Kier alpha value is -3.23. The molecule has 1 fully saturated rings. The third kappa shape index (κ3) is 3.56. The van der Waals surface area contributed by atoms with Crippen LogP contribution in [0.2, 0.25) is 0 Å². The fourth-order valence-electron chi connectivity index (χ4n) is 2.76. The quantitative estimate of drug-likeness (QED) is 0.877. The number of halogens is 1. The van der Waals surface area contributed by atoms with Crippen molar-refractivity contribution in [1.82, 2.24) is 15.1 Å². The summed E-state index contributed by atoms with van der Waals surface area (Å²) in [5, 5.41) is 16.4. The zero-order chi connectivity index (χ0) is 18.7. The number of carbonyl (C=O) groups excluding carboxylic acids is 1. The molecule has 1 amide bonds. The molecule has 1 N–H and O–H groups in total. The molecule has 1 saturated heterocycles. The highest BCUT2D eigenvalue weighted by Crippen LogP contribution is 2.22. The number of hydrogen-bond donors (Lipinski definition) is 1. The number of benzene rings is 1. The van der Waals surface area contributed by atoms with Crippen molar-refractivity contribution < 1.29 is 23.8 Å². The lowest BCUT2D eigenvalue weighted by Gasteiger charge is -2.35. The van der Waals surface area contributed by atoms with Crippen LogP contribution in [0.15, 0.2) is 30.3 Å². The van der Waals surface area contributed by atoms with Gasteiger partial charge >= 0.3 is 5.97 Å². The van der Waals surface area contributed by atoms with E-state index in [-0.39, 0.29) is 17.4 Å². The van der Waals surface area contributed by atoms with Gasteiger partial charge < -0.3 is 19.6 Å². The minimum atomic E-state index is -1.13. The van der Waals surface area contributed by atoms with E-state index in [1.807, 2.05) is 4.90 Å². The smallest absolute Gasteiger partial charge is 0.356 e. The molecule has 136 valence electrons. The standard InChI is InChI=1S/C17H17FN4O4/c1-26-14-10-11(18)2-3-12(14)16(23)22-8-6-21(7-9-22)15-5-4-13(17(24)25)19-20-15/h2-5,10H,6-9H2,1H3,(H,24,25). The Labute approximate surface area is 148 Å². The summed E-state index contributed by atoms with van der Waals surface area (Å²) in [7, 11) is 1.39. The van der Waals surface area contributed by atoms with Crippen molar-refractivity contribution in [3.05, 3.63) is 47.4 Å². The number of nitrogens with zero attached hydrogens (tertiary/aromatic N) is 4. The van der Waals surface area contributed by atoms with Gasteiger partial charge in [0.2, 0.25) is 0 Å². The fraction of sp³-hybridized carbons (Fsp3) is 0.294. The number of anilines is 1. The van der Waals surface area contributed by atoms with Crippen LogP contribution in [0.1, 0.15) is 20.8 Å². The first-order valence-corrected chi connectivity index (χ1v) is 7.94. The van der Waals surface area contributed by atoms with Gasteiger partial charge in [0.15, 0.2) is 11.5 Å². The first-order valence-electron chi connectivity index (χ1n) is 7.94. The normalized spacial score (nSPS) is 14.2. The second-order valence-electron chi connectivity index (χ2n) is 5.71. The van der Waals surface area contributed by atoms with Crippen LogP contribution in [-0.4, -0.2) is 65.4 Å². The summed E-state index contributed by atoms with van der Waals surface area (Å²) in [4.78, 5) is 27.1. The molecule has 26 heavy (non-hydrogen) atoms. The molecule has 8 nitrogen and oxygen atoms in total. The number of aromatic carboxylic acids is 1. The number of methoxy groups -OCH3 is 1. The molecule has 0 spiro atoms. The van der Waals surface area contributed by atoms with Crippen LogP contribution in [0.3, 0.4) is 0 Å². The average molecular weight is 360 g/mol. The van der Waals surface area contributed by atoms with E-state index in [1.165, 1.54) is 31.4 Å². The number of amides is 1. The summed E-state index contributed by atoms with van der Waals surface area (Å²) in [6.45, 7) is 1.94. The van der Waals surface area contributed by atoms with Crippen LogP contribution >= 0.6 is 0 Å². The minimum Gasteiger partial charge on any atom is -0.496 e. The van der Waals surface area contributed by atoms with Gasteiger partial charge in [0, 0.05) is 32.2 Å². The average Bonchev–Trinajstić information content (AvgIpc) is 2.67.